The average Bonchev–Trinajstić information content (AvgIpc) is 2.82. The molecule has 4 atom stereocenters. The predicted molar refractivity (Wildman–Crippen MR) is 72.1 cm³/mol. The molecule has 0 aliphatic carbocycles. The van der Waals surface area contributed by atoms with Gasteiger partial charge in [0.25, 0.3) is 0 Å². The Kier molecular flexibility index (Phi) is 4.65. The predicted octanol–water partition coefficient (Wildman–Crippen LogP) is 2.46. The van der Waals surface area contributed by atoms with Crippen LogP contribution in [0.15, 0.2) is 18.2 Å². The fourth-order valence-corrected chi connectivity index (χ4v) is 3.94. The lowest BCUT2D eigenvalue weighted by Gasteiger charge is -2.18. The summed E-state index contributed by atoms with van der Waals surface area (Å²) < 4.78 is 44.1. The topological polar surface area (TPSA) is 43.4 Å². The van der Waals surface area contributed by atoms with E-state index >= 15 is 0 Å². The molecule has 1 heterocycles. The maximum absolute atomic E-state index is 13.6. The second kappa shape index (κ2) is 6.10. The molecule has 3 nitrogen and oxygen atoms in total. The molecule has 1 aromatic carbocycles. The van der Waals surface area contributed by atoms with E-state index in [9.17, 15) is 17.8 Å². The van der Waals surface area contributed by atoms with Crippen molar-refractivity contribution in [3.8, 4) is 0 Å². The van der Waals surface area contributed by atoms with E-state index in [-0.39, 0.29) is 16.9 Å². The molecule has 0 spiro atoms. The van der Waals surface area contributed by atoms with Gasteiger partial charge in [-0.25, -0.2) is 8.78 Å². The number of rotatable bonds is 4. The van der Waals surface area contributed by atoms with Gasteiger partial charge in [-0.2, -0.15) is 0 Å². The number of benzene rings is 1. The van der Waals surface area contributed by atoms with Gasteiger partial charge in [0.2, 0.25) is 0 Å². The Balaban J connectivity index is 2.17. The zero-order chi connectivity index (χ0) is 14.9. The smallest absolute Gasteiger partial charge is 0.181 e. The minimum absolute atomic E-state index is 0.177. The summed E-state index contributed by atoms with van der Waals surface area (Å²) in [6, 6.07) is 2.77. The van der Waals surface area contributed by atoms with Crippen molar-refractivity contribution in [2.45, 2.75) is 36.9 Å². The van der Waals surface area contributed by atoms with Crippen LogP contribution in [0.25, 0.3) is 0 Å². The highest BCUT2D eigenvalue weighted by atomic mass is 32.2. The Labute approximate surface area is 118 Å². The Morgan fingerprint density at radius 3 is 2.70 bits per heavy atom. The van der Waals surface area contributed by atoms with E-state index in [0.29, 0.717) is 19.1 Å². The molecule has 0 N–H and O–H groups in total. The van der Waals surface area contributed by atoms with Crippen LogP contribution in [0.4, 0.5) is 8.78 Å². The quantitative estimate of drug-likeness (QED) is 0.803. The molecule has 2 rings (SSSR count). The van der Waals surface area contributed by atoms with Gasteiger partial charge < -0.3 is 4.74 Å². The number of carbonyl (C=O) groups is 1. The van der Waals surface area contributed by atoms with Crippen molar-refractivity contribution in [3.63, 3.8) is 0 Å². The van der Waals surface area contributed by atoms with Crippen molar-refractivity contribution in [2.24, 2.45) is 0 Å². The van der Waals surface area contributed by atoms with Gasteiger partial charge in [0.1, 0.15) is 11.6 Å². The summed E-state index contributed by atoms with van der Waals surface area (Å²) in [6.07, 6.45) is 0.446. The van der Waals surface area contributed by atoms with Crippen LogP contribution in [0.1, 0.15) is 30.6 Å². The summed E-state index contributed by atoms with van der Waals surface area (Å²) in [5.74, 6) is -2.24. The molecule has 4 unspecified atom stereocenters. The lowest BCUT2D eigenvalue weighted by molar-refractivity contribution is 0.0988. The number of hydrogen-bond acceptors (Lipinski definition) is 3. The van der Waals surface area contributed by atoms with Gasteiger partial charge in [-0.1, -0.05) is 0 Å². The second-order valence-corrected chi connectivity index (χ2v) is 6.83. The zero-order valence-corrected chi connectivity index (χ0v) is 12.1. The Morgan fingerprint density at radius 2 is 2.15 bits per heavy atom. The van der Waals surface area contributed by atoms with E-state index in [0.717, 1.165) is 12.1 Å². The van der Waals surface area contributed by atoms with Gasteiger partial charge in [0.15, 0.2) is 5.78 Å². The summed E-state index contributed by atoms with van der Waals surface area (Å²) in [7, 11) is -1.45. The van der Waals surface area contributed by atoms with Crippen LogP contribution >= 0.6 is 0 Å². The van der Waals surface area contributed by atoms with Gasteiger partial charge >= 0.3 is 0 Å². The molecule has 0 aromatic heterocycles. The third-order valence-corrected chi connectivity index (χ3v) is 5.65. The van der Waals surface area contributed by atoms with E-state index in [2.05, 4.69) is 0 Å². The van der Waals surface area contributed by atoms with E-state index < -0.39 is 33.5 Å². The summed E-state index contributed by atoms with van der Waals surface area (Å²) >= 11 is 0. The molecule has 0 bridgehead atoms. The first-order valence-corrected chi connectivity index (χ1v) is 7.69. The van der Waals surface area contributed by atoms with Crippen molar-refractivity contribution in [1.29, 1.82) is 0 Å². The number of halogens is 2. The third kappa shape index (κ3) is 2.96. The first kappa shape index (κ1) is 15.3. The van der Waals surface area contributed by atoms with Crippen molar-refractivity contribution in [2.75, 3.05) is 6.61 Å². The maximum atomic E-state index is 13.6. The highest BCUT2D eigenvalue weighted by Gasteiger charge is 2.35. The first-order chi connectivity index (χ1) is 9.41. The van der Waals surface area contributed by atoms with E-state index in [1.807, 2.05) is 6.92 Å². The standard InChI is InChI=1S/C14H16F2O3S/c1-8-13(5-6-19-8)20(18)9(2)14(17)11-4-3-10(15)7-12(11)16/h3-4,7-9,13H,5-6H2,1-2H3. The normalized spacial score (nSPS) is 25.4. The molecule has 1 aliphatic heterocycles. The molecule has 6 heteroatoms. The SMILES string of the molecule is CC1OCCC1S(=O)C(C)C(=O)c1ccc(F)cc1F. The third-order valence-electron chi connectivity index (χ3n) is 3.52. The van der Waals surface area contributed by atoms with Crippen molar-refractivity contribution in [3.05, 3.63) is 35.4 Å². The molecule has 1 aromatic rings. The Morgan fingerprint density at radius 1 is 1.45 bits per heavy atom. The van der Waals surface area contributed by atoms with Gasteiger partial charge in [0.05, 0.1) is 22.2 Å². The van der Waals surface area contributed by atoms with Crippen LogP contribution < -0.4 is 0 Å². The number of ether oxygens (including phenoxy) is 1. The Bertz CT molecular complexity index is 547. The number of ketones is 1. The summed E-state index contributed by atoms with van der Waals surface area (Å²) in [5.41, 5.74) is -0.223. The molecule has 110 valence electrons. The number of carbonyl (C=O) groups excluding carboxylic acids is 1. The summed E-state index contributed by atoms with van der Waals surface area (Å²) in [4.78, 5) is 12.2. The minimum atomic E-state index is -1.45. The summed E-state index contributed by atoms with van der Waals surface area (Å²) in [5, 5.41) is -1.07. The fourth-order valence-electron chi connectivity index (χ4n) is 2.29. The molecule has 20 heavy (non-hydrogen) atoms. The molecular formula is C14H16F2O3S. The largest absolute Gasteiger partial charge is 0.377 e. The lowest BCUT2D eigenvalue weighted by atomic mass is 10.1. The molecule has 1 fully saturated rings. The minimum Gasteiger partial charge on any atom is -0.377 e. The van der Waals surface area contributed by atoms with Crippen molar-refractivity contribution >= 4 is 16.6 Å². The van der Waals surface area contributed by atoms with Gasteiger partial charge in [-0.05, 0) is 32.4 Å². The summed E-state index contributed by atoms with van der Waals surface area (Å²) in [6.45, 7) is 3.83. The molecule has 0 saturated carbocycles. The molecular weight excluding hydrogens is 286 g/mol. The van der Waals surface area contributed by atoms with Crippen molar-refractivity contribution in [1.82, 2.24) is 0 Å². The van der Waals surface area contributed by atoms with Gasteiger partial charge in [-0.15, -0.1) is 0 Å². The van der Waals surface area contributed by atoms with Crippen molar-refractivity contribution < 1.29 is 22.5 Å². The molecule has 1 saturated heterocycles. The van der Waals surface area contributed by atoms with E-state index in [4.69, 9.17) is 4.74 Å². The number of Topliss-reactive ketones (excluding diaryl/α,β-unsaturated/α-hetero) is 1. The Hall–Kier alpha value is -1.14. The maximum Gasteiger partial charge on any atom is 0.181 e. The second-order valence-electron chi connectivity index (χ2n) is 4.86. The van der Waals surface area contributed by atoms with Crippen LogP contribution in [0.2, 0.25) is 0 Å². The molecule has 1 aliphatic rings. The lowest BCUT2D eigenvalue weighted by Crippen LogP contribution is -2.34. The highest BCUT2D eigenvalue weighted by Crippen LogP contribution is 2.23. The van der Waals surface area contributed by atoms with Crippen LogP contribution in [-0.2, 0) is 15.5 Å². The van der Waals surface area contributed by atoms with E-state index in [1.165, 1.54) is 6.92 Å². The van der Waals surface area contributed by atoms with Gasteiger partial charge in [-0.3, -0.25) is 9.00 Å². The van der Waals surface area contributed by atoms with Crippen LogP contribution in [-0.4, -0.2) is 33.2 Å². The fraction of sp³-hybridized carbons (Fsp3) is 0.500. The molecule has 0 amide bonds. The molecule has 0 radical (unpaired) electrons. The van der Waals surface area contributed by atoms with Gasteiger partial charge in [0, 0.05) is 23.5 Å². The van der Waals surface area contributed by atoms with Crippen LogP contribution in [0.3, 0.4) is 0 Å². The average molecular weight is 302 g/mol. The monoisotopic (exact) mass is 302 g/mol. The highest BCUT2D eigenvalue weighted by molar-refractivity contribution is 7.87. The zero-order valence-electron chi connectivity index (χ0n) is 11.3. The van der Waals surface area contributed by atoms with E-state index in [1.54, 1.807) is 0 Å². The van der Waals surface area contributed by atoms with Crippen LogP contribution in [0, 0.1) is 11.6 Å². The number of hydrogen-bond donors (Lipinski definition) is 0. The van der Waals surface area contributed by atoms with Crippen LogP contribution in [0.5, 0.6) is 0 Å². The first-order valence-electron chi connectivity index (χ1n) is 6.42.